The van der Waals surface area contributed by atoms with Gasteiger partial charge in [0.25, 0.3) is 0 Å². The molecule has 0 saturated carbocycles. The second kappa shape index (κ2) is 6.12. The molecule has 1 rings (SSSR count). The molecule has 0 aromatic heterocycles. The van der Waals surface area contributed by atoms with Crippen LogP contribution in [0.1, 0.15) is 33.6 Å². The minimum absolute atomic E-state index is 0.357. The third-order valence-electron chi connectivity index (χ3n) is 3.98. The molecule has 1 unspecified atom stereocenters. The van der Waals surface area contributed by atoms with Gasteiger partial charge in [-0.3, -0.25) is 4.90 Å². The highest BCUT2D eigenvalue weighted by molar-refractivity contribution is 7.99. The molecule has 90 valence electrons. The molecule has 0 bridgehead atoms. The molecule has 1 saturated heterocycles. The highest BCUT2D eigenvalue weighted by atomic mass is 32.2. The monoisotopic (exact) mass is 230 g/mol. The second-order valence-corrected chi connectivity index (χ2v) is 5.96. The van der Waals surface area contributed by atoms with Gasteiger partial charge in [-0.05, 0) is 31.7 Å². The normalized spacial score (nSPS) is 24.4. The Hall–Kier alpha value is 0.270. The first-order chi connectivity index (χ1) is 7.17. The predicted molar refractivity (Wildman–Crippen MR) is 70.4 cm³/mol. The van der Waals surface area contributed by atoms with Gasteiger partial charge in [0.15, 0.2) is 0 Å². The fourth-order valence-corrected chi connectivity index (χ4v) is 3.34. The van der Waals surface area contributed by atoms with Crippen LogP contribution in [0.4, 0.5) is 0 Å². The van der Waals surface area contributed by atoms with Gasteiger partial charge in [0.05, 0.1) is 0 Å². The van der Waals surface area contributed by atoms with Gasteiger partial charge < -0.3 is 5.73 Å². The maximum atomic E-state index is 5.96. The molecule has 0 aromatic rings. The van der Waals surface area contributed by atoms with Crippen LogP contribution in [0.25, 0.3) is 0 Å². The lowest BCUT2D eigenvalue weighted by Crippen LogP contribution is -2.48. The topological polar surface area (TPSA) is 29.3 Å². The van der Waals surface area contributed by atoms with Crippen LogP contribution < -0.4 is 5.73 Å². The molecule has 0 aliphatic carbocycles. The zero-order chi connectivity index (χ0) is 11.3. The number of nitrogens with two attached hydrogens (primary N) is 1. The van der Waals surface area contributed by atoms with Crippen molar-refractivity contribution >= 4 is 11.8 Å². The summed E-state index contributed by atoms with van der Waals surface area (Å²) >= 11 is 2.08. The van der Waals surface area contributed by atoms with Crippen LogP contribution in [0.5, 0.6) is 0 Å². The summed E-state index contributed by atoms with van der Waals surface area (Å²) in [7, 11) is 0. The van der Waals surface area contributed by atoms with E-state index in [0.717, 1.165) is 12.6 Å². The SMILES string of the molecule is CCC(CC)(CN)CN1CCSCC1C. The lowest BCUT2D eigenvalue weighted by atomic mass is 9.81. The van der Waals surface area contributed by atoms with Crippen molar-refractivity contribution in [1.29, 1.82) is 0 Å². The van der Waals surface area contributed by atoms with E-state index in [2.05, 4.69) is 37.4 Å². The fraction of sp³-hybridized carbons (Fsp3) is 1.00. The van der Waals surface area contributed by atoms with E-state index in [1.807, 2.05) is 0 Å². The quantitative estimate of drug-likeness (QED) is 0.785. The molecule has 1 heterocycles. The molecule has 2 nitrogen and oxygen atoms in total. The predicted octanol–water partition coefficient (Wildman–Crippen LogP) is 2.19. The van der Waals surface area contributed by atoms with Crippen molar-refractivity contribution < 1.29 is 0 Å². The molecule has 1 atom stereocenters. The maximum Gasteiger partial charge on any atom is 0.0158 e. The summed E-state index contributed by atoms with van der Waals surface area (Å²) in [5, 5.41) is 0. The van der Waals surface area contributed by atoms with Crippen LogP contribution in [-0.4, -0.2) is 42.1 Å². The summed E-state index contributed by atoms with van der Waals surface area (Å²) in [6, 6.07) is 0.729. The van der Waals surface area contributed by atoms with Crippen LogP contribution in [0.15, 0.2) is 0 Å². The maximum absolute atomic E-state index is 5.96. The van der Waals surface area contributed by atoms with E-state index in [4.69, 9.17) is 5.73 Å². The first-order valence-electron chi connectivity index (χ1n) is 6.19. The molecule has 1 fully saturated rings. The van der Waals surface area contributed by atoms with Crippen molar-refractivity contribution in [3.8, 4) is 0 Å². The summed E-state index contributed by atoms with van der Waals surface area (Å²) in [5.74, 6) is 2.58. The van der Waals surface area contributed by atoms with Crippen molar-refractivity contribution in [1.82, 2.24) is 4.90 Å². The third-order valence-corrected chi connectivity index (χ3v) is 5.17. The van der Waals surface area contributed by atoms with E-state index in [9.17, 15) is 0 Å². The Morgan fingerprint density at radius 1 is 1.40 bits per heavy atom. The zero-order valence-corrected chi connectivity index (χ0v) is 11.3. The molecule has 3 heteroatoms. The van der Waals surface area contributed by atoms with Crippen LogP contribution in [0.2, 0.25) is 0 Å². The minimum atomic E-state index is 0.357. The van der Waals surface area contributed by atoms with E-state index in [-0.39, 0.29) is 0 Å². The Bertz CT molecular complexity index is 172. The van der Waals surface area contributed by atoms with Crippen molar-refractivity contribution in [2.75, 3.05) is 31.1 Å². The molecule has 0 spiro atoms. The molecule has 0 amide bonds. The molecular formula is C12H26N2S. The summed E-state index contributed by atoms with van der Waals surface area (Å²) in [6.07, 6.45) is 2.41. The molecule has 0 aromatic carbocycles. The number of hydrogen-bond donors (Lipinski definition) is 1. The zero-order valence-electron chi connectivity index (χ0n) is 10.5. The Kier molecular flexibility index (Phi) is 5.44. The van der Waals surface area contributed by atoms with Gasteiger partial charge in [0.1, 0.15) is 0 Å². The first-order valence-corrected chi connectivity index (χ1v) is 7.34. The highest BCUT2D eigenvalue weighted by Crippen LogP contribution is 2.28. The van der Waals surface area contributed by atoms with Gasteiger partial charge in [-0.2, -0.15) is 11.8 Å². The standard InChI is InChI=1S/C12H26N2S/c1-4-12(5-2,9-13)10-14-6-7-15-8-11(14)3/h11H,4-10,13H2,1-3H3. The summed E-state index contributed by atoms with van der Waals surface area (Å²) in [4.78, 5) is 2.64. The van der Waals surface area contributed by atoms with Gasteiger partial charge in [0.2, 0.25) is 0 Å². The molecule has 1 aliphatic rings. The summed E-state index contributed by atoms with van der Waals surface area (Å²) in [5.41, 5.74) is 6.32. The fourth-order valence-electron chi connectivity index (χ4n) is 2.25. The number of hydrogen-bond acceptors (Lipinski definition) is 3. The highest BCUT2D eigenvalue weighted by Gasteiger charge is 2.30. The Balaban J connectivity index is 2.56. The first kappa shape index (κ1) is 13.3. The van der Waals surface area contributed by atoms with E-state index < -0.39 is 0 Å². The Labute approximate surface area is 99.0 Å². The lowest BCUT2D eigenvalue weighted by molar-refractivity contribution is 0.122. The molecule has 2 N–H and O–H groups in total. The van der Waals surface area contributed by atoms with E-state index in [0.29, 0.717) is 5.41 Å². The van der Waals surface area contributed by atoms with Gasteiger partial charge in [-0.25, -0.2) is 0 Å². The third kappa shape index (κ3) is 3.36. The largest absolute Gasteiger partial charge is 0.330 e. The van der Waals surface area contributed by atoms with Crippen molar-refractivity contribution in [2.45, 2.75) is 39.7 Å². The molecule has 0 radical (unpaired) electrons. The van der Waals surface area contributed by atoms with E-state index in [1.54, 1.807) is 0 Å². The average Bonchev–Trinajstić information content (AvgIpc) is 2.29. The number of thioether (sulfide) groups is 1. The van der Waals surface area contributed by atoms with E-state index in [1.165, 1.54) is 37.4 Å². The summed E-state index contributed by atoms with van der Waals surface area (Å²) in [6.45, 7) is 10.2. The second-order valence-electron chi connectivity index (χ2n) is 4.81. The number of nitrogens with zero attached hydrogens (tertiary/aromatic N) is 1. The van der Waals surface area contributed by atoms with Crippen molar-refractivity contribution in [3.05, 3.63) is 0 Å². The molecule has 15 heavy (non-hydrogen) atoms. The van der Waals surface area contributed by atoms with Gasteiger partial charge in [-0.1, -0.05) is 13.8 Å². The van der Waals surface area contributed by atoms with Crippen LogP contribution in [0.3, 0.4) is 0 Å². The Morgan fingerprint density at radius 3 is 2.53 bits per heavy atom. The van der Waals surface area contributed by atoms with Gasteiger partial charge in [0, 0.05) is 30.6 Å². The smallest absolute Gasteiger partial charge is 0.0158 e. The van der Waals surface area contributed by atoms with E-state index >= 15 is 0 Å². The van der Waals surface area contributed by atoms with Crippen LogP contribution in [0, 0.1) is 5.41 Å². The van der Waals surface area contributed by atoms with Crippen molar-refractivity contribution in [2.24, 2.45) is 11.1 Å². The van der Waals surface area contributed by atoms with Crippen molar-refractivity contribution in [3.63, 3.8) is 0 Å². The minimum Gasteiger partial charge on any atom is -0.330 e. The van der Waals surface area contributed by atoms with Gasteiger partial charge in [-0.15, -0.1) is 0 Å². The van der Waals surface area contributed by atoms with Gasteiger partial charge >= 0.3 is 0 Å². The average molecular weight is 230 g/mol. The number of rotatable bonds is 5. The van der Waals surface area contributed by atoms with Crippen LogP contribution in [-0.2, 0) is 0 Å². The molecule has 1 aliphatic heterocycles. The lowest BCUT2D eigenvalue weighted by Gasteiger charge is -2.41. The molecular weight excluding hydrogens is 204 g/mol. The Morgan fingerprint density at radius 2 is 2.07 bits per heavy atom. The summed E-state index contributed by atoms with van der Waals surface area (Å²) < 4.78 is 0. The van der Waals surface area contributed by atoms with Crippen LogP contribution >= 0.6 is 11.8 Å².